The van der Waals surface area contributed by atoms with Gasteiger partial charge in [-0.15, -0.1) is 0 Å². The Balaban J connectivity index is 2.22. The molecule has 0 bridgehead atoms. The van der Waals surface area contributed by atoms with Crippen LogP contribution in [-0.4, -0.2) is 5.91 Å². The molecule has 0 saturated heterocycles. The van der Waals surface area contributed by atoms with Gasteiger partial charge in [-0.05, 0) is 36.8 Å². The minimum atomic E-state index is -0.967. The number of carbonyl (C=O) groups is 1. The highest BCUT2D eigenvalue weighted by molar-refractivity contribution is 9.10. The van der Waals surface area contributed by atoms with E-state index in [0.717, 1.165) is 12.1 Å². The van der Waals surface area contributed by atoms with Crippen LogP contribution < -0.4 is 5.32 Å². The quantitative estimate of drug-likeness (QED) is 0.868. The molecule has 0 aliphatic rings. The number of amides is 1. The van der Waals surface area contributed by atoms with Crippen molar-refractivity contribution in [3.8, 4) is 0 Å². The van der Waals surface area contributed by atoms with Crippen LogP contribution in [0, 0.1) is 17.5 Å². The average molecular weight is 358 g/mol. The fraction of sp³-hybridized carbons (Fsp3) is 0.133. The van der Waals surface area contributed by atoms with Crippen molar-refractivity contribution in [1.29, 1.82) is 0 Å². The summed E-state index contributed by atoms with van der Waals surface area (Å²) >= 11 is 2.94. The molecular formula is C15H11BrF3NO. The second kappa shape index (κ2) is 6.30. The molecule has 0 heterocycles. The fourth-order valence-electron chi connectivity index (χ4n) is 1.89. The summed E-state index contributed by atoms with van der Waals surface area (Å²) < 4.78 is 40.7. The van der Waals surface area contributed by atoms with Gasteiger partial charge < -0.3 is 5.32 Å². The van der Waals surface area contributed by atoms with Crippen LogP contribution >= 0.6 is 15.9 Å². The summed E-state index contributed by atoms with van der Waals surface area (Å²) in [6.07, 6.45) is 0. The van der Waals surface area contributed by atoms with E-state index in [1.54, 1.807) is 13.0 Å². The highest BCUT2D eigenvalue weighted by Crippen LogP contribution is 2.21. The SMILES string of the molecule is CC(NC(=O)c1c(F)cc(Br)cc1F)c1cccc(F)c1. The third-order valence-electron chi connectivity index (χ3n) is 2.93. The first kappa shape index (κ1) is 15.6. The third kappa shape index (κ3) is 3.64. The lowest BCUT2D eigenvalue weighted by Gasteiger charge is -2.15. The molecular weight excluding hydrogens is 347 g/mol. The Labute approximate surface area is 128 Å². The Hall–Kier alpha value is -1.82. The molecule has 2 aromatic rings. The molecule has 2 rings (SSSR count). The summed E-state index contributed by atoms with van der Waals surface area (Å²) in [5.74, 6) is -3.28. The van der Waals surface area contributed by atoms with E-state index in [0.29, 0.717) is 5.56 Å². The number of hydrogen-bond donors (Lipinski definition) is 1. The minimum Gasteiger partial charge on any atom is -0.345 e. The van der Waals surface area contributed by atoms with E-state index in [1.165, 1.54) is 18.2 Å². The summed E-state index contributed by atoms with van der Waals surface area (Å²) in [7, 11) is 0. The van der Waals surface area contributed by atoms with Crippen LogP contribution in [0.1, 0.15) is 28.9 Å². The van der Waals surface area contributed by atoms with Gasteiger partial charge in [0.25, 0.3) is 5.91 Å². The van der Waals surface area contributed by atoms with Gasteiger partial charge in [0, 0.05) is 4.47 Å². The van der Waals surface area contributed by atoms with Crippen molar-refractivity contribution in [1.82, 2.24) is 5.32 Å². The molecule has 0 fully saturated rings. The number of benzene rings is 2. The first-order chi connectivity index (χ1) is 9.88. The zero-order valence-corrected chi connectivity index (χ0v) is 12.5. The lowest BCUT2D eigenvalue weighted by molar-refractivity contribution is 0.0931. The molecule has 0 spiro atoms. The number of halogens is 4. The Morgan fingerprint density at radius 1 is 1.14 bits per heavy atom. The van der Waals surface area contributed by atoms with Crippen LogP contribution in [0.5, 0.6) is 0 Å². The summed E-state index contributed by atoms with van der Waals surface area (Å²) in [5, 5.41) is 2.44. The molecule has 1 amide bonds. The summed E-state index contributed by atoms with van der Waals surface area (Å²) in [5.41, 5.74) is -0.164. The summed E-state index contributed by atoms with van der Waals surface area (Å²) in [6.45, 7) is 1.60. The highest BCUT2D eigenvalue weighted by Gasteiger charge is 2.20. The molecule has 0 saturated carbocycles. The lowest BCUT2D eigenvalue weighted by Crippen LogP contribution is -2.28. The molecule has 0 aliphatic heterocycles. The molecule has 6 heteroatoms. The van der Waals surface area contributed by atoms with Gasteiger partial charge in [-0.2, -0.15) is 0 Å². The molecule has 0 aliphatic carbocycles. The predicted octanol–water partition coefficient (Wildman–Crippen LogP) is 4.36. The normalized spacial score (nSPS) is 12.0. The van der Waals surface area contributed by atoms with Gasteiger partial charge >= 0.3 is 0 Å². The second-order valence-corrected chi connectivity index (χ2v) is 5.41. The predicted molar refractivity (Wildman–Crippen MR) is 76.3 cm³/mol. The van der Waals surface area contributed by atoms with Crippen molar-refractivity contribution in [2.45, 2.75) is 13.0 Å². The van der Waals surface area contributed by atoms with Crippen LogP contribution in [0.2, 0.25) is 0 Å². The highest BCUT2D eigenvalue weighted by atomic mass is 79.9. The smallest absolute Gasteiger partial charge is 0.257 e. The van der Waals surface area contributed by atoms with Crippen LogP contribution in [0.15, 0.2) is 40.9 Å². The van der Waals surface area contributed by atoms with E-state index < -0.39 is 35.0 Å². The minimum absolute atomic E-state index is 0.201. The van der Waals surface area contributed by atoms with Crippen LogP contribution in [-0.2, 0) is 0 Å². The molecule has 1 atom stereocenters. The Kier molecular flexibility index (Phi) is 4.67. The Morgan fingerprint density at radius 3 is 2.33 bits per heavy atom. The molecule has 0 aromatic heterocycles. The topological polar surface area (TPSA) is 29.1 Å². The maximum absolute atomic E-state index is 13.7. The van der Waals surface area contributed by atoms with Crippen molar-refractivity contribution in [3.63, 3.8) is 0 Å². The van der Waals surface area contributed by atoms with E-state index in [-0.39, 0.29) is 4.47 Å². The van der Waals surface area contributed by atoms with E-state index >= 15 is 0 Å². The summed E-state index contributed by atoms with van der Waals surface area (Å²) in [6, 6.07) is 7.05. The molecule has 2 aromatic carbocycles. The van der Waals surface area contributed by atoms with Crippen molar-refractivity contribution >= 4 is 21.8 Å². The second-order valence-electron chi connectivity index (χ2n) is 4.49. The zero-order valence-electron chi connectivity index (χ0n) is 11.0. The van der Waals surface area contributed by atoms with E-state index in [2.05, 4.69) is 21.2 Å². The van der Waals surface area contributed by atoms with Gasteiger partial charge in [0.1, 0.15) is 23.0 Å². The first-order valence-electron chi connectivity index (χ1n) is 6.09. The van der Waals surface area contributed by atoms with Crippen molar-refractivity contribution in [2.75, 3.05) is 0 Å². The molecule has 2 nitrogen and oxygen atoms in total. The average Bonchev–Trinajstić information content (AvgIpc) is 2.37. The molecule has 21 heavy (non-hydrogen) atoms. The van der Waals surface area contributed by atoms with Crippen molar-refractivity contribution in [3.05, 3.63) is 69.4 Å². The van der Waals surface area contributed by atoms with Crippen molar-refractivity contribution < 1.29 is 18.0 Å². The van der Waals surface area contributed by atoms with Gasteiger partial charge in [-0.25, -0.2) is 13.2 Å². The number of carbonyl (C=O) groups excluding carboxylic acids is 1. The van der Waals surface area contributed by atoms with Crippen LogP contribution in [0.4, 0.5) is 13.2 Å². The maximum atomic E-state index is 13.7. The van der Waals surface area contributed by atoms with E-state index in [9.17, 15) is 18.0 Å². The standard InChI is InChI=1S/C15H11BrF3NO/c1-8(9-3-2-4-11(17)5-9)20-15(21)14-12(18)6-10(16)7-13(14)19/h2-8H,1H3,(H,20,21). The van der Waals surface area contributed by atoms with Gasteiger partial charge in [0.15, 0.2) is 0 Å². The van der Waals surface area contributed by atoms with Gasteiger partial charge in [0.2, 0.25) is 0 Å². The molecule has 1 N–H and O–H groups in total. The summed E-state index contributed by atoms with van der Waals surface area (Å²) in [4.78, 5) is 12.0. The van der Waals surface area contributed by atoms with Crippen LogP contribution in [0.25, 0.3) is 0 Å². The number of hydrogen-bond acceptors (Lipinski definition) is 1. The number of rotatable bonds is 3. The van der Waals surface area contributed by atoms with Crippen LogP contribution in [0.3, 0.4) is 0 Å². The largest absolute Gasteiger partial charge is 0.345 e. The molecule has 110 valence electrons. The number of nitrogens with one attached hydrogen (secondary N) is 1. The first-order valence-corrected chi connectivity index (χ1v) is 6.88. The zero-order chi connectivity index (χ0) is 15.6. The van der Waals surface area contributed by atoms with E-state index in [4.69, 9.17) is 0 Å². The third-order valence-corrected chi connectivity index (χ3v) is 3.39. The lowest BCUT2D eigenvalue weighted by atomic mass is 10.1. The monoisotopic (exact) mass is 357 g/mol. The van der Waals surface area contributed by atoms with Crippen molar-refractivity contribution in [2.24, 2.45) is 0 Å². The maximum Gasteiger partial charge on any atom is 0.257 e. The molecule has 0 radical (unpaired) electrons. The molecule has 1 unspecified atom stereocenters. The van der Waals surface area contributed by atoms with Gasteiger partial charge in [-0.1, -0.05) is 28.1 Å². The van der Waals surface area contributed by atoms with E-state index in [1.807, 2.05) is 0 Å². The van der Waals surface area contributed by atoms with Gasteiger partial charge in [0.05, 0.1) is 6.04 Å². The Bertz CT molecular complexity index is 667. The van der Waals surface area contributed by atoms with Gasteiger partial charge in [-0.3, -0.25) is 4.79 Å². The Morgan fingerprint density at radius 2 is 1.76 bits per heavy atom. The fourth-order valence-corrected chi connectivity index (χ4v) is 2.29.